The van der Waals surface area contributed by atoms with Crippen molar-refractivity contribution in [1.29, 1.82) is 0 Å². The fourth-order valence-corrected chi connectivity index (χ4v) is 4.29. The average molecular weight is 438 g/mol. The molecule has 0 radical (unpaired) electrons. The molecule has 30 heavy (non-hydrogen) atoms. The topological polar surface area (TPSA) is 105 Å². The summed E-state index contributed by atoms with van der Waals surface area (Å²) in [6.45, 7) is 13.7. The van der Waals surface area contributed by atoms with Crippen LogP contribution >= 0.6 is 11.3 Å². The second kappa shape index (κ2) is 11.4. The van der Waals surface area contributed by atoms with E-state index in [1.807, 2.05) is 11.8 Å². The maximum atomic E-state index is 12.7. The minimum absolute atomic E-state index is 0.107. The Morgan fingerprint density at radius 3 is 2.77 bits per heavy atom. The number of hydrogen-bond donors (Lipinski definition) is 2. The first-order valence-corrected chi connectivity index (χ1v) is 10.9. The van der Waals surface area contributed by atoms with Crippen LogP contribution in [0.25, 0.3) is 10.2 Å². The van der Waals surface area contributed by atoms with E-state index in [0.29, 0.717) is 52.1 Å². The molecule has 9 heteroatoms. The zero-order chi connectivity index (χ0) is 22.3. The van der Waals surface area contributed by atoms with Gasteiger partial charge in [0.1, 0.15) is 22.1 Å². The van der Waals surface area contributed by atoms with Crippen LogP contribution in [0.15, 0.2) is 17.4 Å². The maximum absolute atomic E-state index is 12.7. The molecule has 0 aliphatic carbocycles. The van der Waals surface area contributed by atoms with Crippen LogP contribution in [0.3, 0.4) is 0 Å². The molecule has 2 rings (SSSR count). The van der Waals surface area contributed by atoms with Crippen LogP contribution < -0.4 is 5.56 Å². The third kappa shape index (κ3) is 6.46. The summed E-state index contributed by atoms with van der Waals surface area (Å²) in [6, 6.07) is 0. The van der Waals surface area contributed by atoms with Gasteiger partial charge in [-0.3, -0.25) is 9.69 Å². The minimum atomic E-state index is -0.630. The quantitative estimate of drug-likeness (QED) is 0.388. The van der Waals surface area contributed by atoms with Gasteiger partial charge in [0, 0.05) is 19.7 Å². The molecule has 0 aromatic carbocycles. The van der Waals surface area contributed by atoms with Crippen molar-refractivity contribution in [3.05, 3.63) is 39.3 Å². The Bertz CT molecular complexity index is 921. The molecule has 0 spiro atoms. The van der Waals surface area contributed by atoms with Gasteiger partial charge in [-0.1, -0.05) is 26.5 Å². The number of aryl methyl sites for hydroxylation is 1. The monoisotopic (exact) mass is 437 g/mol. The summed E-state index contributed by atoms with van der Waals surface area (Å²) < 4.78 is 10.4. The Kier molecular flexibility index (Phi) is 9.16. The van der Waals surface area contributed by atoms with E-state index in [9.17, 15) is 14.7 Å². The van der Waals surface area contributed by atoms with E-state index in [-0.39, 0.29) is 18.8 Å². The molecular formula is C21H31N3O5S. The molecule has 0 saturated carbocycles. The Morgan fingerprint density at radius 1 is 1.40 bits per heavy atom. The molecule has 0 saturated heterocycles. The first-order chi connectivity index (χ1) is 14.3. The lowest BCUT2D eigenvalue weighted by atomic mass is 10.2. The fraction of sp³-hybridized carbons (Fsp3) is 0.571. The van der Waals surface area contributed by atoms with Crippen LogP contribution in [0.2, 0.25) is 0 Å². The van der Waals surface area contributed by atoms with Crippen LogP contribution in [0.1, 0.15) is 41.8 Å². The largest absolute Gasteiger partial charge is 0.457 e. The van der Waals surface area contributed by atoms with Crippen molar-refractivity contribution in [3.63, 3.8) is 0 Å². The number of thiophene rings is 1. The van der Waals surface area contributed by atoms with Gasteiger partial charge < -0.3 is 19.6 Å². The fourth-order valence-electron chi connectivity index (χ4n) is 3.19. The van der Waals surface area contributed by atoms with Crippen molar-refractivity contribution in [2.75, 3.05) is 32.9 Å². The lowest BCUT2D eigenvalue weighted by molar-refractivity contribution is 0.0170. The Balaban J connectivity index is 2.28. The molecule has 2 aromatic rings. The number of esters is 1. The van der Waals surface area contributed by atoms with Crippen molar-refractivity contribution in [2.24, 2.45) is 5.92 Å². The van der Waals surface area contributed by atoms with Crippen LogP contribution in [0.5, 0.6) is 0 Å². The van der Waals surface area contributed by atoms with Gasteiger partial charge in [0.2, 0.25) is 0 Å². The lowest BCUT2D eigenvalue weighted by Gasteiger charge is -2.26. The number of rotatable bonds is 12. The van der Waals surface area contributed by atoms with E-state index in [2.05, 4.69) is 30.4 Å². The first kappa shape index (κ1) is 24.2. The number of ether oxygens (including phenoxy) is 2. The summed E-state index contributed by atoms with van der Waals surface area (Å²) in [7, 11) is 0. The number of aliphatic hydroxyl groups is 1. The van der Waals surface area contributed by atoms with Gasteiger partial charge in [0.25, 0.3) is 5.56 Å². The standard InChI is InChI=1S/C21H31N3O5S/c1-6-8-29-21(27)18-14(5)17-19(26)22-16(23-20(17)30-18)11-24(9-13(3)4)10-15(25)12-28-7-2/h6,13,15,25H,1,7-12H2,2-5H3,(H,22,23,26)/t15-/m0/s1. The molecular weight excluding hydrogens is 406 g/mol. The highest BCUT2D eigenvalue weighted by molar-refractivity contribution is 7.20. The maximum Gasteiger partial charge on any atom is 0.348 e. The molecule has 0 aliphatic rings. The molecule has 0 amide bonds. The SMILES string of the molecule is C=CCOC(=O)c1sc2nc(CN(CC(C)C)C[C@H](O)COCC)[nH]c(=O)c2c1C. The highest BCUT2D eigenvalue weighted by Crippen LogP contribution is 2.27. The van der Waals surface area contributed by atoms with E-state index in [4.69, 9.17) is 9.47 Å². The second-order valence-corrected chi connectivity index (χ2v) is 8.54. The summed E-state index contributed by atoms with van der Waals surface area (Å²) in [5, 5.41) is 10.6. The number of hydrogen-bond acceptors (Lipinski definition) is 8. The molecule has 2 aromatic heterocycles. The number of aromatic nitrogens is 2. The van der Waals surface area contributed by atoms with E-state index in [1.165, 1.54) is 6.08 Å². The molecule has 1 atom stereocenters. The smallest absolute Gasteiger partial charge is 0.348 e. The molecule has 8 nitrogen and oxygen atoms in total. The number of H-pyrrole nitrogens is 1. The Hall–Kier alpha value is -2.07. The average Bonchev–Trinajstić information content (AvgIpc) is 3.00. The normalized spacial score (nSPS) is 12.6. The van der Waals surface area contributed by atoms with Crippen LogP contribution in [-0.4, -0.2) is 65.0 Å². The van der Waals surface area contributed by atoms with Crippen molar-refractivity contribution in [3.8, 4) is 0 Å². The van der Waals surface area contributed by atoms with Gasteiger partial charge in [-0.05, 0) is 25.3 Å². The van der Waals surface area contributed by atoms with Gasteiger partial charge >= 0.3 is 5.97 Å². The molecule has 0 aliphatic heterocycles. The Morgan fingerprint density at radius 2 is 2.13 bits per heavy atom. The molecule has 2 N–H and O–H groups in total. The van der Waals surface area contributed by atoms with E-state index in [0.717, 1.165) is 17.9 Å². The van der Waals surface area contributed by atoms with E-state index >= 15 is 0 Å². The summed E-state index contributed by atoms with van der Waals surface area (Å²) in [4.78, 5) is 35.2. The van der Waals surface area contributed by atoms with Crippen molar-refractivity contribution in [2.45, 2.75) is 40.3 Å². The minimum Gasteiger partial charge on any atom is -0.457 e. The highest BCUT2D eigenvalue weighted by Gasteiger charge is 2.21. The van der Waals surface area contributed by atoms with Crippen molar-refractivity contribution < 1.29 is 19.4 Å². The van der Waals surface area contributed by atoms with Crippen molar-refractivity contribution in [1.82, 2.24) is 14.9 Å². The second-order valence-electron chi connectivity index (χ2n) is 7.54. The highest BCUT2D eigenvalue weighted by atomic mass is 32.1. The number of fused-ring (bicyclic) bond motifs is 1. The van der Waals surface area contributed by atoms with E-state index in [1.54, 1.807) is 6.92 Å². The zero-order valence-corrected chi connectivity index (χ0v) is 18.9. The van der Waals surface area contributed by atoms with Gasteiger partial charge in [-0.15, -0.1) is 11.3 Å². The molecule has 0 fully saturated rings. The molecule has 2 heterocycles. The molecule has 166 valence electrons. The first-order valence-electron chi connectivity index (χ1n) is 10.0. The number of carbonyl (C=O) groups is 1. The van der Waals surface area contributed by atoms with Crippen LogP contribution in [0, 0.1) is 12.8 Å². The Labute approximate surface area is 180 Å². The lowest BCUT2D eigenvalue weighted by Crippen LogP contribution is -2.37. The summed E-state index contributed by atoms with van der Waals surface area (Å²) >= 11 is 1.15. The number of aromatic amines is 1. The zero-order valence-electron chi connectivity index (χ0n) is 18.1. The van der Waals surface area contributed by atoms with Gasteiger partial charge in [0.15, 0.2) is 0 Å². The summed E-state index contributed by atoms with van der Waals surface area (Å²) in [6.07, 6.45) is 0.863. The van der Waals surface area contributed by atoms with Crippen molar-refractivity contribution >= 4 is 27.5 Å². The van der Waals surface area contributed by atoms with Crippen LogP contribution in [0.4, 0.5) is 0 Å². The summed E-state index contributed by atoms with van der Waals surface area (Å²) in [5.41, 5.74) is 0.279. The van der Waals surface area contributed by atoms with Crippen LogP contribution in [-0.2, 0) is 16.0 Å². The van der Waals surface area contributed by atoms with Gasteiger partial charge in [-0.2, -0.15) is 0 Å². The summed E-state index contributed by atoms with van der Waals surface area (Å²) in [5.74, 6) is 0.371. The number of nitrogens with zero attached hydrogens (tertiary/aromatic N) is 2. The van der Waals surface area contributed by atoms with E-state index < -0.39 is 12.1 Å². The van der Waals surface area contributed by atoms with Gasteiger partial charge in [-0.25, -0.2) is 9.78 Å². The predicted molar refractivity (Wildman–Crippen MR) is 118 cm³/mol. The molecule has 0 unspecified atom stereocenters. The number of carbonyl (C=O) groups excluding carboxylic acids is 1. The predicted octanol–water partition coefficient (Wildman–Crippen LogP) is 2.49. The number of aliphatic hydroxyl groups excluding tert-OH is 1. The third-order valence-corrected chi connectivity index (χ3v) is 5.51. The number of nitrogens with one attached hydrogen (secondary N) is 1. The third-order valence-electron chi connectivity index (χ3n) is 4.35. The molecule has 0 bridgehead atoms. The van der Waals surface area contributed by atoms with Gasteiger partial charge in [0.05, 0.1) is 24.6 Å².